The van der Waals surface area contributed by atoms with Gasteiger partial charge in [0, 0.05) is 0 Å². The second-order valence-electron chi connectivity index (χ2n) is 6.68. The first kappa shape index (κ1) is 23.4. The first-order chi connectivity index (χ1) is 12.9. The summed E-state index contributed by atoms with van der Waals surface area (Å²) in [7, 11) is -4.69. The highest BCUT2D eigenvalue weighted by Gasteiger charge is 2.17. The maximum Gasteiger partial charge on any atom is 0.446 e. The lowest BCUT2D eigenvalue weighted by Gasteiger charge is -2.09. The summed E-state index contributed by atoms with van der Waals surface area (Å²) in [5.41, 5.74) is -0.0294. The van der Waals surface area contributed by atoms with Gasteiger partial charge in [-0.15, -0.1) is 0 Å². The van der Waals surface area contributed by atoms with Gasteiger partial charge >= 0.3 is 16.4 Å². The van der Waals surface area contributed by atoms with Crippen LogP contribution in [0.3, 0.4) is 0 Å². The summed E-state index contributed by atoms with van der Waals surface area (Å²) in [4.78, 5) is 12.1. The third-order valence-electron chi connectivity index (χ3n) is 4.28. The van der Waals surface area contributed by atoms with Crippen LogP contribution in [0.15, 0.2) is 24.3 Å². The molecule has 0 heterocycles. The standard InChI is InChI=1S/C20H32O6S/c1-2-3-4-5-6-7-8-9-10-11-14-17-25-20(21)18-15-12-13-16-19(18)26-27(22,23)24/h12-13,15-16H,2-11,14,17H2,1H3,(H,22,23,24). The zero-order chi connectivity index (χ0) is 20.0. The van der Waals surface area contributed by atoms with Crippen molar-refractivity contribution in [2.24, 2.45) is 0 Å². The van der Waals surface area contributed by atoms with Gasteiger partial charge in [0.2, 0.25) is 0 Å². The monoisotopic (exact) mass is 400 g/mol. The van der Waals surface area contributed by atoms with Crippen molar-refractivity contribution < 1.29 is 26.7 Å². The lowest BCUT2D eigenvalue weighted by Crippen LogP contribution is -2.12. The molecule has 1 rings (SSSR count). The van der Waals surface area contributed by atoms with E-state index in [1.165, 1.54) is 69.6 Å². The van der Waals surface area contributed by atoms with Crippen LogP contribution in [0.5, 0.6) is 5.75 Å². The molecule has 0 saturated carbocycles. The largest absolute Gasteiger partial charge is 0.462 e. The Labute approximate surface area is 163 Å². The molecule has 0 aliphatic heterocycles. The first-order valence-corrected chi connectivity index (χ1v) is 11.2. The first-order valence-electron chi connectivity index (χ1n) is 9.87. The molecule has 1 aromatic carbocycles. The molecule has 0 aliphatic carbocycles. The maximum absolute atomic E-state index is 12.1. The zero-order valence-corrected chi connectivity index (χ0v) is 17.0. The van der Waals surface area contributed by atoms with E-state index in [-0.39, 0.29) is 17.9 Å². The highest BCUT2D eigenvalue weighted by molar-refractivity contribution is 7.81. The molecular formula is C20H32O6S. The third kappa shape index (κ3) is 11.7. The van der Waals surface area contributed by atoms with Gasteiger partial charge in [-0.2, -0.15) is 8.42 Å². The Bertz CT molecular complexity index is 642. The maximum atomic E-state index is 12.1. The smallest absolute Gasteiger partial charge is 0.446 e. The minimum absolute atomic E-state index is 0.0294. The summed E-state index contributed by atoms with van der Waals surface area (Å²) in [6.07, 6.45) is 13.3. The van der Waals surface area contributed by atoms with Crippen molar-refractivity contribution in [2.75, 3.05) is 6.61 Å². The fourth-order valence-electron chi connectivity index (χ4n) is 2.83. The number of unbranched alkanes of at least 4 members (excludes halogenated alkanes) is 10. The lowest BCUT2D eigenvalue weighted by molar-refractivity contribution is 0.0495. The van der Waals surface area contributed by atoms with Gasteiger partial charge in [-0.3, -0.25) is 4.55 Å². The van der Waals surface area contributed by atoms with Gasteiger partial charge in [-0.05, 0) is 18.6 Å². The molecule has 27 heavy (non-hydrogen) atoms. The van der Waals surface area contributed by atoms with Gasteiger partial charge in [0.1, 0.15) is 5.56 Å². The van der Waals surface area contributed by atoms with E-state index in [4.69, 9.17) is 9.29 Å². The van der Waals surface area contributed by atoms with E-state index in [0.29, 0.717) is 0 Å². The molecule has 154 valence electrons. The number of benzene rings is 1. The van der Waals surface area contributed by atoms with Crippen molar-refractivity contribution in [3.05, 3.63) is 29.8 Å². The van der Waals surface area contributed by atoms with E-state index in [0.717, 1.165) is 19.3 Å². The summed E-state index contributed by atoms with van der Waals surface area (Å²) in [6.45, 7) is 2.50. The Morgan fingerprint density at radius 3 is 1.96 bits per heavy atom. The van der Waals surface area contributed by atoms with Gasteiger partial charge in [0.25, 0.3) is 0 Å². The molecule has 0 aromatic heterocycles. The van der Waals surface area contributed by atoms with Crippen molar-refractivity contribution in [2.45, 2.75) is 77.6 Å². The van der Waals surface area contributed by atoms with Crippen LogP contribution in [0.25, 0.3) is 0 Å². The Hall–Kier alpha value is -1.60. The van der Waals surface area contributed by atoms with Gasteiger partial charge in [-0.25, -0.2) is 4.79 Å². The summed E-state index contributed by atoms with van der Waals surface area (Å²) >= 11 is 0. The van der Waals surface area contributed by atoms with Crippen molar-refractivity contribution in [3.63, 3.8) is 0 Å². The number of ether oxygens (including phenoxy) is 1. The van der Waals surface area contributed by atoms with Crippen molar-refractivity contribution in [1.29, 1.82) is 0 Å². The van der Waals surface area contributed by atoms with Crippen LogP contribution in [-0.4, -0.2) is 25.5 Å². The highest BCUT2D eigenvalue weighted by atomic mass is 32.3. The van der Waals surface area contributed by atoms with Crippen LogP contribution < -0.4 is 4.18 Å². The van der Waals surface area contributed by atoms with E-state index in [1.54, 1.807) is 6.07 Å². The number of hydrogen-bond acceptors (Lipinski definition) is 5. The molecule has 0 aliphatic rings. The number of esters is 1. The third-order valence-corrected chi connectivity index (χ3v) is 4.67. The van der Waals surface area contributed by atoms with E-state index >= 15 is 0 Å². The van der Waals surface area contributed by atoms with Crippen LogP contribution in [0, 0.1) is 0 Å². The number of carbonyl (C=O) groups is 1. The average Bonchev–Trinajstić information content (AvgIpc) is 2.61. The van der Waals surface area contributed by atoms with Gasteiger partial charge in [0.05, 0.1) is 6.61 Å². The molecule has 0 unspecified atom stereocenters. The van der Waals surface area contributed by atoms with Gasteiger partial charge in [0.15, 0.2) is 5.75 Å². The van der Waals surface area contributed by atoms with E-state index in [9.17, 15) is 13.2 Å². The fraction of sp³-hybridized carbons (Fsp3) is 0.650. The number of rotatable bonds is 15. The zero-order valence-electron chi connectivity index (χ0n) is 16.2. The second-order valence-corrected chi connectivity index (χ2v) is 7.70. The number of carbonyl (C=O) groups excluding carboxylic acids is 1. The SMILES string of the molecule is CCCCCCCCCCCCCOC(=O)c1ccccc1OS(=O)(=O)O. The van der Waals surface area contributed by atoms with Crippen LogP contribution in [0.1, 0.15) is 87.9 Å². The summed E-state index contributed by atoms with van der Waals surface area (Å²) in [5, 5.41) is 0. The van der Waals surface area contributed by atoms with Crippen LogP contribution in [0.4, 0.5) is 0 Å². The molecule has 0 bridgehead atoms. The molecule has 0 saturated heterocycles. The summed E-state index contributed by atoms with van der Waals surface area (Å²) in [5.74, 6) is -0.912. The number of hydrogen-bond donors (Lipinski definition) is 1. The predicted molar refractivity (Wildman–Crippen MR) is 105 cm³/mol. The fourth-order valence-corrected chi connectivity index (χ4v) is 3.20. The van der Waals surface area contributed by atoms with Gasteiger partial charge in [-0.1, -0.05) is 83.3 Å². The molecule has 1 aromatic rings. The molecule has 1 N–H and O–H groups in total. The molecule has 0 amide bonds. The van der Waals surface area contributed by atoms with E-state index in [1.807, 2.05) is 0 Å². The van der Waals surface area contributed by atoms with Crippen molar-refractivity contribution in [1.82, 2.24) is 0 Å². The van der Waals surface area contributed by atoms with Crippen LogP contribution in [-0.2, 0) is 15.1 Å². The highest BCUT2D eigenvalue weighted by Crippen LogP contribution is 2.20. The summed E-state index contributed by atoms with van der Waals surface area (Å²) < 4.78 is 40.0. The Kier molecular flexibility index (Phi) is 11.8. The van der Waals surface area contributed by atoms with Crippen molar-refractivity contribution >= 4 is 16.4 Å². The van der Waals surface area contributed by atoms with E-state index < -0.39 is 16.4 Å². The molecule has 0 spiro atoms. The molecule has 0 fully saturated rings. The van der Waals surface area contributed by atoms with E-state index in [2.05, 4.69) is 11.1 Å². The number of para-hydroxylation sites is 1. The molecule has 6 nitrogen and oxygen atoms in total. The topological polar surface area (TPSA) is 89.9 Å². The lowest BCUT2D eigenvalue weighted by atomic mass is 10.1. The minimum atomic E-state index is -4.69. The quantitative estimate of drug-likeness (QED) is 0.243. The van der Waals surface area contributed by atoms with Crippen LogP contribution in [0.2, 0.25) is 0 Å². The summed E-state index contributed by atoms with van der Waals surface area (Å²) in [6, 6.07) is 5.74. The molecular weight excluding hydrogens is 368 g/mol. The van der Waals surface area contributed by atoms with Crippen molar-refractivity contribution in [3.8, 4) is 5.75 Å². The Morgan fingerprint density at radius 1 is 0.889 bits per heavy atom. The Morgan fingerprint density at radius 2 is 1.41 bits per heavy atom. The molecule has 0 atom stereocenters. The normalized spacial score (nSPS) is 11.3. The molecule has 0 radical (unpaired) electrons. The minimum Gasteiger partial charge on any atom is -0.462 e. The second kappa shape index (κ2) is 13.6. The van der Waals surface area contributed by atoms with Gasteiger partial charge < -0.3 is 8.92 Å². The van der Waals surface area contributed by atoms with Crippen LogP contribution >= 0.6 is 0 Å². The molecule has 7 heteroatoms. The Balaban J connectivity index is 2.15. The average molecular weight is 401 g/mol. The predicted octanol–water partition coefficient (Wildman–Crippen LogP) is 5.34.